The summed E-state index contributed by atoms with van der Waals surface area (Å²) in [6.07, 6.45) is 1.60. The van der Waals surface area contributed by atoms with Crippen molar-refractivity contribution in [2.24, 2.45) is 0 Å². The molecule has 1 aliphatic heterocycles. The Kier molecular flexibility index (Phi) is 7.44. The number of non-ortho nitro benzene ring substituents is 1. The van der Waals surface area contributed by atoms with Crippen molar-refractivity contribution in [3.8, 4) is 11.5 Å². The van der Waals surface area contributed by atoms with Crippen LogP contribution in [-0.2, 0) is 11.4 Å². The van der Waals surface area contributed by atoms with Crippen molar-refractivity contribution in [2.45, 2.75) is 6.61 Å². The SMILES string of the molecule is COc1cc(/C=C2/SC(=O)N(c3cccc(Cl)c3)C2=O)c(Br)cc1OCc1ccc([N+](=O)[O-])cc1. The van der Waals surface area contributed by atoms with Crippen molar-refractivity contribution >= 4 is 67.9 Å². The predicted molar refractivity (Wildman–Crippen MR) is 138 cm³/mol. The fourth-order valence-corrected chi connectivity index (χ4v) is 4.71. The Hall–Kier alpha value is -3.34. The lowest BCUT2D eigenvalue weighted by Gasteiger charge is -2.13. The van der Waals surface area contributed by atoms with Gasteiger partial charge in [0, 0.05) is 21.6 Å². The number of nitro groups is 1. The number of carbonyl (C=O) groups excluding carboxylic acids is 2. The molecular weight excluding hydrogens is 560 g/mol. The summed E-state index contributed by atoms with van der Waals surface area (Å²) in [6.45, 7) is 0.165. The maximum absolute atomic E-state index is 12.9. The van der Waals surface area contributed by atoms with E-state index < -0.39 is 16.1 Å². The number of ether oxygens (including phenoxy) is 2. The Bertz CT molecular complexity index is 1360. The van der Waals surface area contributed by atoms with Gasteiger partial charge in [-0.2, -0.15) is 0 Å². The minimum Gasteiger partial charge on any atom is -0.493 e. The number of methoxy groups -OCH3 is 1. The van der Waals surface area contributed by atoms with Crippen LogP contribution in [0.5, 0.6) is 11.5 Å². The van der Waals surface area contributed by atoms with Gasteiger partial charge in [-0.05, 0) is 71.4 Å². The van der Waals surface area contributed by atoms with Crippen LogP contribution < -0.4 is 14.4 Å². The van der Waals surface area contributed by atoms with Crippen LogP contribution in [0.1, 0.15) is 11.1 Å². The molecule has 3 aromatic rings. The molecule has 4 rings (SSSR count). The van der Waals surface area contributed by atoms with Gasteiger partial charge in [0.25, 0.3) is 16.8 Å². The number of imide groups is 1. The molecule has 2 amide bonds. The third kappa shape index (κ3) is 5.50. The first-order valence-electron chi connectivity index (χ1n) is 10.0. The highest BCUT2D eigenvalue weighted by Crippen LogP contribution is 2.40. The number of benzene rings is 3. The summed E-state index contributed by atoms with van der Waals surface area (Å²) < 4.78 is 11.9. The van der Waals surface area contributed by atoms with E-state index in [0.29, 0.717) is 32.2 Å². The van der Waals surface area contributed by atoms with E-state index in [2.05, 4.69) is 15.9 Å². The molecule has 0 aliphatic carbocycles. The Morgan fingerprint density at radius 1 is 1.11 bits per heavy atom. The number of rotatable bonds is 7. The van der Waals surface area contributed by atoms with Crippen LogP contribution in [0.3, 0.4) is 0 Å². The zero-order valence-corrected chi connectivity index (χ0v) is 21.2. The number of hydrogen-bond donors (Lipinski definition) is 0. The number of amides is 2. The van der Waals surface area contributed by atoms with Crippen molar-refractivity contribution in [3.63, 3.8) is 0 Å². The number of nitro benzene ring substituents is 1. The van der Waals surface area contributed by atoms with Crippen LogP contribution in [0, 0.1) is 10.1 Å². The molecule has 11 heteroatoms. The number of nitrogens with zero attached hydrogens (tertiary/aromatic N) is 2. The summed E-state index contributed by atoms with van der Waals surface area (Å²) in [7, 11) is 1.48. The first-order valence-corrected chi connectivity index (χ1v) is 12.0. The molecule has 0 radical (unpaired) electrons. The van der Waals surface area contributed by atoms with E-state index in [1.165, 1.54) is 19.2 Å². The molecule has 0 atom stereocenters. The maximum Gasteiger partial charge on any atom is 0.298 e. The zero-order chi connectivity index (χ0) is 25.1. The van der Waals surface area contributed by atoms with Crippen molar-refractivity contribution in [2.75, 3.05) is 12.0 Å². The molecule has 1 heterocycles. The van der Waals surface area contributed by atoms with Crippen LogP contribution in [-0.4, -0.2) is 23.2 Å². The van der Waals surface area contributed by atoms with Crippen molar-refractivity contribution < 1.29 is 24.0 Å². The van der Waals surface area contributed by atoms with E-state index >= 15 is 0 Å². The summed E-state index contributed by atoms with van der Waals surface area (Å²) in [6, 6.07) is 15.9. The fourth-order valence-electron chi connectivity index (χ4n) is 3.26. The third-order valence-electron chi connectivity index (χ3n) is 4.97. The molecule has 0 spiro atoms. The van der Waals surface area contributed by atoms with Gasteiger partial charge in [0.15, 0.2) is 11.5 Å². The Labute approximate surface area is 217 Å². The number of anilines is 1. The standard InChI is InChI=1S/C24H16BrClN2O6S/c1-33-20-9-15(10-22-23(29)27(24(30)35-22)18-4-2-3-16(26)11-18)19(25)12-21(20)34-13-14-5-7-17(8-6-14)28(31)32/h2-12H,13H2,1H3/b22-10+. The van der Waals surface area contributed by atoms with Gasteiger partial charge in [0.1, 0.15) is 6.61 Å². The third-order valence-corrected chi connectivity index (χ3v) is 6.76. The molecule has 8 nitrogen and oxygen atoms in total. The molecule has 0 aromatic heterocycles. The maximum atomic E-state index is 12.9. The lowest BCUT2D eigenvalue weighted by Crippen LogP contribution is -2.27. The topological polar surface area (TPSA) is 99.0 Å². The summed E-state index contributed by atoms with van der Waals surface area (Å²) >= 11 is 10.3. The van der Waals surface area contributed by atoms with Gasteiger partial charge in [0.2, 0.25) is 0 Å². The summed E-state index contributed by atoms with van der Waals surface area (Å²) in [4.78, 5) is 37.1. The second-order valence-corrected chi connectivity index (χ2v) is 9.52. The smallest absolute Gasteiger partial charge is 0.298 e. The molecule has 0 unspecified atom stereocenters. The average molecular weight is 576 g/mol. The molecule has 1 aliphatic rings. The first-order chi connectivity index (χ1) is 16.8. The summed E-state index contributed by atoms with van der Waals surface area (Å²) in [5.74, 6) is 0.393. The van der Waals surface area contributed by atoms with E-state index in [-0.39, 0.29) is 17.2 Å². The Morgan fingerprint density at radius 3 is 2.51 bits per heavy atom. The van der Waals surface area contributed by atoms with Gasteiger partial charge < -0.3 is 9.47 Å². The highest BCUT2D eigenvalue weighted by molar-refractivity contribution is 9.10. The quantitative estimate of drug-likeness (QED) is 0.173. The molecule has 3 aromatic carbocycles. The van der Waals surface area contributed by atoms with Crippen molar-refractivity contribution in [1.82, 2.24) is 0 Å². The Balaban J connectivity index is 1.55. The van der Waals surface area contributed by atoms with Gasteiger partial charge in [-0.25, -0.2) is 4.90 Å². The number of thioether (sulfide) groups is 1. The van der Waals surface area contributed by atoms with Crippen LogP contribution in [0.4, 0.5) is 16.2 Å². The lowest BCUT2D eigenvalue weighted by molar-refractivity contribution is -0.384. The van der Waals surface area contributed by atoms with E-state index in [1.54, 1.807) is 54.6 Å². The van der Waals surface area contributed by atoms with Gasteiger partial charge in [-0.1, -0.05) is 33.6 Å². The van der Waals surface area contributed by atoms with Crippen LogP contribution in [0.25, 0.3) is 6.08 Å². The highest BCUT2D eigenvalue weighted by Gasteiger charge is 2.36. The van der Waals surface area contributed by atoms with E-state index in [9.17, 15) is 19.7 Å². The highest BCUT2D eigenvalue weighted by atomic mass is 79.9. The number of carbonyl (C=O) groups is 2. The molecule has 1 fully saturated rings. The lowest BCUT2D eigenvalue weighted by atomic mass is 10.1. The second kappa shape index (κ2) is 10.5. The van der Waals surface area contributed by atoms with Gasteiger partial charge in [-0.15, -0.1) is 0 Å². The van der Waals surface area contributed by atoms with Gasteiger partial charge in [0.05, 0.1) is 22.6 Å². The van der Waals surface area contributed by atoms with E-state index in [1.807, 2.05) is 0 Å². The summed E-state index contributed by atoms with van der Waals surface area (Å²) in [5.41, 5.74) is 1.75. The zero-order valence-electron chi connectivity index (χ0n) is 18.1. The molecule has 1 saturated heterocycles. The van der Waals surface area contributed by atoms with E-state index in [4.69, 9.17) is 21.1 Å². The second-order valence-electron chi connectivity index (χ2n) is 7.23. The number of hydrogen-bond acceptors (Lipinski definition) is 7. The molecule has 178 valence electrons. The van der Waals surface area contributed by atoms with Crippen LogP contribution in [0.15, 0.2) is 70.0 Å². The van der Waals surface area contributed by atoms with Crippen LogP contribution in [0.2, 0.25) is 5.02 Å². The average Bonchev–Trinajstić information content (AvgIpc) is 3.11. The largest absolute Gasteiger partial charge is 0.493 e. The Morgan fingerprint density at radius 2 is 1.86 bits per heavy atom. The molecule has 0 N–H and O–H groups in total. The van der Waals surface area contributed by atoms with Crippen molar-refractivity contribution in [3.05, 3.63) is 96.3 Å². The molecule has 0 bridgehead atoms. The van der Waals surface area contributed by atoms with Gasteiger partial charge >= 0.3 is 0 Å². The fraction of sp³-hybridized carbons (Fsp3) is 0.0833. The first kappa shape index (κ1) is 24.8. The normalized spacial score (nSPS) is 14.5. The van der Waals surface area contributed by atoms with Gasteiger partial charge in [-0.3, -0.25) is 19.7 Å². The number of halogens is 2. The van der Waals surface area contributed by atoms with Crippen molar-refractivity contribution in [1.29, 1.82) is 0 Å². The minimum atomic E-state index is -0.465. The van der Waals surface area contributed by atoms with Crippen LogP contribution >= 0.6 is 39.3 Å². The summed E-state index contributed by atoms with van der Waals surface area (Å²) in [5, 5.41) is 10.8. The molecule has 0 saturated carbocycles. The molecular formula is C24H16BrClN2O6S. The predicted octanol–water partition coefficient (Wildman–Crippen LogP) is 6.84. The minimum absolute atomic E-state index is 0.00166. The molecule has 35 heavy (non-hydrogen) atoms. The monoisotopic (exact) mass is 574 g/mol. The van der Waals surface area contributed by atoms with E-state index in [0.717, 1.165) is 22.2 Å².